The molecule has 0 aromatic rings. The van der Waals surface area contributed by atoms with E-state index in [2.05, 4.69) is 24.3 Å². The van der Waals surface area contributed by atoms with Gasteiger partial charge in [0.2, 0.25) is 0 Å². The van der Waals surface area contributed by atoms with Crippen molar-refractivity contribution in [3.05, 3.63) is 24.3 Å². The van der Waals surface area contributed by atoms with Crippen molar-refractivity contribution in [1.82, 2.24) is 0 Å². The van der Waals surface area contributed by atoms with E-state index in [4.69, 9.17) is 4.74 Å². The highest BCUT2D eigenvalue weighted by atomic mass is 16.5. The van der Waals surface area contributed by atoms with Crippen molar-refractivity contribution in [2.75, 3.05) is 13.2 Å². The first kappa shape index (κ1) is 6.17. The lowest BCUT2D eigenvalue weighted by molar-refractivity contribution is 0.182. The van der Waals surface area contributed by atoms with Gasteiger partial charge in [0, 0.05) is 12.5 Å². The second-order valence-electron chi connectivity index (χ2n) is 2.97. The first-order valence-corrected chi connectivity index (χ1v) is 3.89. The maximum Gasteiger partial charge on any atom is 0.0503 e. The Kier molecular flexibility index (Phi) is 1.60. The Labute approximate surface area is 61.4 Å². The van der Waals surface area contributed by atoms with Crippen LogP contribution in [0.4, 0.5) is 0 Å². The molecule has 0 aromatic heterocycles. The third-order valence-electron chi connectivity index (χ3n) is 2.29. The van der Waals surface area contributed by atoms with Gasteiger partial charge in [0.15, 0.2) is 0 Å². The van der Waals surface area contributed by atoms with Crippen LogP contribution in [0.15, 0.2) is 24.3 Å². The molecule has 1 atom stereocenters. The second kappa shape index (κ2) is 2.59. The molecular weight excluding hydrogens is 124 g/mol. The molecule has 2 aliphatic rings. The minimum absolute atomic E-state index is 0.669. The largest absolute Gasteiger partial charge is 0.381 e. The molecule has 2 rings (SSSR count). The van der Waals surface area contributed by atoms with E-state index >= 15 is 0 Å². The monoisotopic (exact) mass is 136 g/mol. The molecule has 0 radical (unpaired) electrons. The number of hydrogen-bond donors (Lipinski definition) is 0. The molecule has 1 aliphatic carbocycles. The van der Waals surface area contributed by atoms with Crippen LogP contribution >= 0.6 is 0 Å². The van der Waals surface area contributed by atoms with Gasteiger partial charge >= 0.3 is 0 Å². The lowest BCUT2D eigenvalue weighted by Gasteiger charge is -2.10. The van der Waals surface area contributed by atoms with Crippen molar-refractivity contribution in [3.8, 4) is 0 Å². The van der Waals surface area contributed by atoms with E-state index in [-0.39, 0.29) is 0 Å². The lowest BCUT2D eigenvalue weighted by Crippen LogP contribution is -2.08. The predicted octanol–water partition coefficient (Wildman–Crippen LogP) is 1.77. The van der Waals surface area contributed by atoms with Crippen molar-refractivity contribution < 1.29 is 4.74 Å². The first-order valence-electron chi connectivity index (χ1n) is 3.89. The summed E-state index contributed by atoms with van der Waals surface area (Å²) in [5.74, 6) is 1.43. The van der Waals surface area contributed by atoms with E-state index in [0.717, 1.165) is 19.1 Å². The summed E-state index contributed by atoms with van der Waals surface area (Å²) in [6.07, 6.45) is 10.0. The fourth-order valence-electron chi connectivity index (χ4n) is 1.62. The van der Waals surface area contributed by atoms with E-state index in [9.17, 15) is 0 Å². The van der Waals surface area contributed by atoms with Crippen LogP contribution in [0.2, 0.25) is 0 Å². The molecule has 54 valence electrons. The summed E-state index contributed by atoms with van der Waals surface area (Å²) in [6.45, 7) is 1.92. The maximum atomic E-state index is 5.30. The zero-order valence-corrected chi connectivity index (χ0v) is 5.99. The normalized spacial score (nSPS) is 32.2. The van der Waals surface area contributed by atoms with Gasteiger partial charge in [0.1, 0.15) is 0 Å². The van der Waals surface area contributed by atoms with Gasteiger partial charge in [0.05, 0.1) is 6.61 Å². The highest BCUT2D eigenvalue weighted by Crippen LogP contribution is 2.26. The van der Waals surface area contributed by atoms with Gasteiger partial charge in [-0.15, -0.1) is 0 Å². The molecule has 0 aromatic carbocycles. The van der Waals surface area contributed by atoms with Crippen molar-refractivity contribution in [2.45, 2.75) is 6.42 Å². The number of rotatable bonds is 1. The highest BCUT2D eigenvalue weighted by molar-refractivity contribution is 5.18. The lowest BCUT2D eigenvalue weighted by atomic mass is 9.93. The van der Waals surface area contributed by atoms with Gasteiger partial charge in [0.25, 0.3) is 0 Å². The fraction of sp³-hybridized carbons (Fsp3) is 0.556. The van der Waals surface area contributed by atoms with Crippen LogP contribution in [0.3, 0.4) is 0 Å². The summed E-state index contributed by atoms with van der Waals surface area (Å²) in [5, 5.41) is 0. The van der Waals surface area contributed by atoms with Gasteiger partial charge in [-0.2, -0.15) is 0 Å². The van der Waals surface area contributed by atoms with Crippen LogP contribution < -0.4 is 0 Å². The summed E-state index contributed by atoms with van der Waals surface area (Å²) in [4.78, 5) is 0. The minimum atomic E-state index is 0.669. The molecule has 10 heavy (non-hydrogen) atoms. The summed E-state index contributed by atoms with van der Waals surface area (Å²) in [6, 6.07) is 0. The Bertz CT molecular complexity index is 152. The number of allylic oxidation sites excluding steroid dienone is 4. The van der Waals surface area contributed by atoms with Gasteiger partial charge in [-0.05, 0) is 12.3 Å². The number of ether oxygens (including phenoxy) is 1. The van der Waals surface area contributed by atoms with Crippen LogP contribution in [0, 0.1) is 11.8 Å². The average molecular weight is 136 g/mol. The molecule has 0 spiro atoms. The Hall–Kier alpha value is -0.560. The molecule has 1 heterocycles. The minimum Gasteiger partial charge on any atom is -0.381 e. The molecule has 1 unspecified atom stereocenters. The molecule has 0 saturated carbocycles. The molecule has 0 bridgehead atoms. The average Bonchev–Trinajstić information content (AvgIpc) is 2.59. The van der Waals surface area contributed by atoms with Crippen LogP contribution in [-0.4, -0.2) is 13.2 Å². The molecule has 1 nitrogen and oxygen atoms in total. The summed E-state index contributed by atoms with van der Waals surface area (Å²) < 4.78 is 5.30. The standard InChI is InChI=1S/C9H12O/c1-2-4-8(3-1)9-5-6-10-7-9/h1-4,8-9H,5-7H2. The Morgan fingerprint density at radius 2 is 2.00 bits per heavy atom. The third-order valence-corrected chi connectivity index (χ3v) is 2.29. The van der Waals surface area contributed by atoms with E-state index in [0.29, 0.717) is 5.92 Å². The Morgan fingerprint density at radius 3 is 2.60 bits per heavy atom. The van der Waals surface area contributed by atoms with Gasteiger partial charge in [-0.3, -0.25) is 0 Å². The highest BCUT2D eigenvalue weighted by Gasteiger charge is 2.22. The topological polar surface area (TPSA) is 9.23 Å². The molecule has 0 amide bonds. The van der Waals surface area contributed by atoms with E-state index in [1.165, 1.54) is 6.42 Å². The van der Waals surface area contributed by atoms with Crippen LogP contribution in [0.1, 0.15) is 6.42 Å². The van der Waals surface area contributed by atoms with Gasteiger partial charge < -0.3 is 4.74 Å². The SMILES string of the molecule is C1=CC(C2CCOC2)C=C1. The van der Waals surface area contributed by atoms with Gasteiger partial charge in [-0.25, -0.2) is 0 Å². The van der Waals surface area contributed by atoms with Crippen molar-refractivity contribution >= 4 is 0 Å². The van der Waals surface area contributed by atoms with E-state index < -0.39 is 0 Å². The van der Waals surface area contributed by atoms with Gasteiger partial charge in [-0.1, -0.05) is 24.3 Å². The molecule has 0 N–H and O–H groups in total. The summed E-state index contributed by atoms with van der Waals surface area (Å²) in [5.41, 5.74) is 0. The zero-order valence-electron chi connectivity index (χ0n) is 5.99. The van der Waals surface area contributed by atoms with Crippen LogP contribution in [0.5, 0.6) is 0 Å². The fourth-order valence-corrected chi connectivity index (χ4v) is 1.62. The van der Waals surface area contributed by atoms with Crippen molar-refractivity contribution in [2.24, 2.45) is 11.8 Å². The van der Waals surface area contributed by atoms with Crippen LogP contribution in [-0.2, 0) is 4.74 Å². The Balaban J connectivity index is 1.98. The Morgan fingerprint density at radius 1 is 1.20 bits per heavy atom. The van der Waals surface area contributed by atoms with Crippen molar-refractivity contribution in [1.29, 1.82) is 0 Å². The van der Waals surface area contributed by atoms with E-state index in [1.54, 1.807) is 0 Å². The summed E-state index contributed by atoms with van der Waals surface area (Å²) in [7, 11) is 0. The number of hydrogen-bond acceptors (Lipinski definition) is 1. The predicted molar refractivity (Wildman–Crippen MR) is 40.7 cm³/mol. The maximum absolute atomic E-state index is 5.30. The second-order valence-corrected chi connectivity index (χ2v) is 2.97. The molecule has 1 fully saturated rings. The quantitative estimate of drug-likeness (QED) is 0.533. The smallest absolute Gasteiger partial charge is 0.0503 e. The molecular formula is C9H12O. The zero-order chi connectivity index (χ0) is 6.81. The molecule has 1 saturated heterocycles. The van der Waals surface area contributed by atoms with Crippen molar-refractivity contribution in [3.63, 3.8) is 0 Å². The van der Waals surface area contributed by atoms with E-state index in [1.807, 2.05) is 0 Å². The first-order chi connectivity index (χ1) is 4.97. The molecule has 1 aliphatic heterocycles. The summed E-state index contributed by atoms with van der Waals surface area (Å²) >= 11 is 0. The van der Waals surface area contributed by atoms with Crippen LogP contribution in [0.25, 0.3) is 0 Å². The third kappa shape index (κ3) is 1.01. The molecule has 1 heteroatoms.